The second-order valence-electron chi connectivity index (χ2n) is 5.03. The summed E-state index contributed by atoms with van der Waals surface area (Å²) >= 11 is 2.23. The number of urea groups is 1. The standard InChI is InChI=1S/C19H15IN2O/c20-16-8-12-18(13-9-16)22-19(23)21-17-10-6-15(7-11-17)14-4-2-1-3-5-14/h1-13H,(H2,21,22,23). The Morgan fingerprint density at radius 3 is 1.70 bits per heavy atom. The average molecular weight is 414 g/mol. The number of nitrogens with one attached hydrogen (secondary N) is 2. The van der Waals surface area contributed by atoms with Gasteiger partial charge in [-0.25, -0.2) is 4.79 Å². The number of hydrogen-bond acceptors (Lipinski definition) is 1. The van der Waals surface area contributed by atoms with E-state index >= 15 is 0 Å². The molecule has 0 saturated heterocycles. The molecule has 0 spiro atoms. The third kappa shape index (κ3) is 4.32. The van der Waals surface area contributed by atoms with Crippen LogP contribution >= 0.6 is 22.6 Å². The summed E-state index contributed by atoms with van der Waals surface area (Å²) in [6.07, 6.45) is 0. The molecule has 0 saturated carbocycles. The molecule has 0 unspecified atom stereocenters. The van der Waals surface area contributed by atoms with E-state index in [9.17, 15) is 4.79 Å². The SMILES string of the molecule is O=C(Nc1ccc(I)cc1)Nc1ccc(-c2ccccc2)cc1. The lowest BCUT2D eigenvalue weighted by molar-refractivity contribution is 0.262. The third-order valence-electron chi connectivity index (χ3n) is 3.35. The zero-order valence-electron chi connectivity index (χ0n) is 12.3. The van der Waals surface area contributed by atoms with Crippen LogP contribution in [0.15, 0.2) is 78.9 Å². The van der Waals surface area contributed by atoms with Crippen LogP contribution in [0.25, 0.3) is 11.1 Å². The summed E-state index contributed by atoms with van der Waals surface area (Å²) in [5.41, 5.74) is 3.80. The minimum Gasteiger partial charge on any atom is -0.308 e. The molecular formula is C19H15IN2O. The molecule has 3 rings (SSSR count). The molecule has 4 heteroatoms. The average Bonchev–Trinajstić information content (AvgIpc) is 2.58. The predicted molar refractivity (Wildman–Crippen MR) is 104 cm³/mol. The minimum atomic E-state index is -0.251. The minimum absolute atomic E-state index is 0.251. The zero-order chi connectivity index (χ0) is 16.1. The molecule has 0 atom stereocenters. The van der Waals surface area contributed by atoms with Gasteiger partial charge >= 0.3 is 6.03 Å². The van der Waals surface area contributed by atoms with Crippen LogP contribution in [0.3, 0.4) is 0 Å². The Kier molecular flexibility index (Phi) is 4.92. The highest BCUT2D eigenvalue weighted by Crippen LogP contribution is 2.21. The van der Waals surface area contributed by atoms with Crippen LogP contribution in [0.4, 0.5) is 16.2 Å². The molecule has 0 aliphatic rings. The molecule has 114 valence electrons. The van der Waals surface area contributed by atoms with Gasteiger partial charge in [0.1, 0.15) is 0 Å². The van der Waals surface area contributed by atoms with Gasteiger partial charge in [-0.15, -0.1) is 0 Å². The van der Waals surface area contributed by atoms with E-state index in [1.807, 2.05) is 66.7 Å². The van der Waals surface area contributed by atoms with Gasteiger partial charge in [0.15, 0.2) is 0 Å². The highest BCUT2D eigenvalue weighted by atomic mass is 127. The molecule has 23 heavy (non-hydrogen) atoms. The van der Waals surface area contributed by atoms with E-state index in [0.717, 1.165) is 26.1 Å². The molecule has 2 N–H and O–H groups in total. The fourth-order valence-corrected chi connectivity index (χ4v) is 2.56. The third-order valence-corrected chi connectivity index (χ3v) is 4.07. The first-order valence-electron chi connectivity index (χ1n) is 7.20. The van der Waals surface area contributed by atoms with E-state index in [4.69, 9.17) is 0 Å². The zero-order valence-corrected chi connectivity index (χ0v) is 14.4. The second-order valence-corrected chi connectivity index (χ2v) is 6.28. The van der Waals surface area contributed by atoms with Crippen LogP contribution in [0, 0.1) is 3.57 Å². The van der Waals surface area contributed by atoms with Crippen LogP contribution in [-0.2, 0) is 0 Å². The highest BCUT2D eigenvalue weighted by Gasteiger charge is 2.03. The Bertz CT molecular complexity index is 784. The van der Waals surface area contributed by atoms with Crippen LogP contribution in [0.5, 0.6) is 0 Å². The number of halogens is 1. The van der Waals surface area contributed by atoms with Crippen molar-refractivity contribution in [3.05, 3.63) is 82.4 Å². The number of amides is 2. The van der Waals surface area contributed by atoms with Gasteiger partial charge in [-0.3, -0.25) is 0 Å². The van der Waals surface area contributed by atoms with Crippen molar-refractivity contribution in [1.82, 2.24) is 0 Å². The van der Waals surface area contributed by atoms with Crippen molar-refractivity contribution in [3.63, 3.8) is 0 Å². The van der Waals surface area contributed by atoms with E-state index in [-0.39, 0.29) is 6.03 Å². The summed E-state index contributed by atoms with van der Waals surface area (Å²) in [5.74, 6) is 0. The molecule has 0 fully saturated rings. The number of rotatable bonds is 3. The van der Waals surface area contributed by atoms with Crippen LogP contribution < -0.4 is 10.6 Å². The molecule has 0 heterocycles. The summed E-state index contributed by atoms with van der Waals surface area (Å²) in [7, 11) is 0. The maximum atomic E-state index is 12.0. The van der Waals surface area contributed by atoms with Gasteiger partial charge in [-0.05, 0) is 70.1 Å². The van der Waals surface area contributed by atoms with Gasteiger partial charge in [0.05, 0.1) is 0 Å². The van der Waals surface area contributed by atoms with Gasteiger partial charge in [0.2, 0.25) is 0 Å². The lowest BCUT2D eigenvalue weighted by Gasteiger charge is -2.08. The summed E-state index contributed by atoms with van der Waals surface area (Å²) in [5, 5.41) is 5.64. The molecule has 0 aromatic heterocycles. The van der Waals surface area contributed by atoms with Gasteiger partial charge in [0, 0.05) is 14.9 Å². The van der Waals surface area contributed by atoms with E-state index in [1.165, 1.54) is 0 Å². The Balaban J connectivity index is 1.64. The van der Waals surface area contributed by atoms with Crippen molar-refractivity contribution in [1.29, 1.82) is 0 Å². The van der Waals surface area contributed by atoms with Crippen LogP contribution in [0.2, 0.25) is 0 Å². The van der Waals surface area contributed by atoms with Crippen molar-refractivity contribution >= 4 is 40.0 Å². The number of carbonyl (C=O) groups is 1. The van der Waals surface area contributed by atoms with Crippen LogP contribution in [-0.4, -0.2) is 6.03 Å². The molecule has 3 aromatic carbocycles. The van der Waals surface area contributed by atoms with Gasteiger partial charge in [0.25, 0.3) is 0 Å². The molecule has 3 aromatic rings. The summed E-state index contributed by atoms with van der Waals surface area (Å²) < 4.78 is 1.13. The number of anilines is 2. The Labute approximate surface area is 148 Å². The molecular weight excluding hydrogens is 399 g/mol. The first kappa shape index (κ1) is 15.6. The summed E-state index contributed by atoms with van der Waals surface area (Å²) in [6, 6.07) is 25.3. The van der Waals surface area contributed by atoms with Crippen LogP contribution in [0.1, 0.15) is 0 Å². The summed E-state index contributed by atoms with van der Waals surface area (Å²) in [4.78, 5) is 12.0. The van der Waals surface area contributed by atoms with E-state index in [1.54, 1.807) is 0 Å². The molecule has 0 bridgehead atoms. The first-order chi connectivity index (χ1) is 11.2. The lowest BCUT2D eigenvalue weighted by atomic mass is 10.1. The Morgan fingerprint density at radius 2 is 1.13 bits per heavy atom. The fourth-order valence-electron chi connectivity index (χ4n) is 2.20. The Hall–Kier alpha value is -2.34. The normalized spacial score (nSPS) is 10.1. The van der Waals surface area contributed by atoms with E-state index in [0.29, 0.717) is 0 Å². The topological polar surface area (TPSA) is 41.1 Å². The Morgan fingerprint density at radius 1 is 0.652 bits per heavy atom. The van der Waals surface area contributed by atoms with Crippen molar-refractivity contribution < 1.29 is 4.79 Å². The number of hydrogen-bond donors (Lipinski definition) is 2. The van der Waals surface area contributed by atoms with Crippen molar-refractivity contribution in [2.45, 2.75) is 0 Å². The van der Waals surface area contributed by atoms with Crippen molar-refractivity contribution in [3.8, 4) is 11.1 Å². The largest absolute Gasteiger partial charge is 0.323 e. The fraction of sp³-hybridized carbons (Fsp3) is 0. The maximum Gasteiger partial charge on any atom is 0.323 e. The predicted octanol–water partition coefficient (Wildman–Crippen LogP) is 5.60. The maximum absolute atomic E-state index is 12.0. The second kappa shape index (κ2) is 7.28. The molecule has 0 aliphatic carbocycles. The molecule has 0 aliphatic heterocycles. The van der Waals surface area contributed by atoms with E-state index < -0.39 is 0 Å². The molecule has 0 radical (unpaired) electrons. The van der Waals surface area contributed by atoms with Gasteiger partial charge in [-0.2, -0.15) is 0 Å². The number of carbonyl (C=O) groups excluding carboxylic acids is 1. The quantitative estimate of drug-likeness (QED) is 0.538. The van der Waals surface area contributed by atoms with Gasteiger partial charge in [-0.1, -0.05) is 42.5 Å². The summed E-state index contributed by atoms with van der Waals surface area (Å²) in [6.45, 7) is 0. The molecule has 2 amide bonds. The highest BCUT2D eigenvalue weighted by molar-refractivity contribution is 14.1. The van der Waals surface area contributed by atoms with Crippen molar-refractivity contribution in [2.24, 2.45) is 0 Å². The lowest BCUT2D eigenvalue weighted by Crippen LogP contribution is -2.19. The smallest absolute Gasteiger partial charge is 0.308 e. The molecule has 3 nitrogen and oxygen atoms in total. The number of benzene rings is 3. The monoisotopic (exact) mass is 414 g/mol. The first-order valence-corrected chi connectivity index (χ1v) is 8.28. The van der Waals surface area contributed by atoms with E-state index in [2.05, 4.69) is 45.4 Å². The van der Waals surface area contributed by atoms with Gasteiger partial charge < -0.3 is 10.6 Å². The van der Waals surface area contributed by atoms with Crippen molar-refractivity contribution in [2.75, 3.05) is 10.6 Å².